The molecule has 0 heterocycles. The number of rotatable bonds is 32. The number of aliphatic hydroxyl groups excluding tert-OH is 1. The number of esters is 2. The molecule has 0 bridgehead atoms. The van der Waals surface area contributed by atoms with Crippen molar-refractivity contribution in [3.8, 4) is 0 Å². The zero-order chi connectivity index (χ0) is 32.2. The Kier molecular flexibility index (Phi) is 33.6. The van der Waals surface area contributed by atoms with Crippen molar-refractivity contribution in [3.05, 3.63) is 48.6 Å². The van der Waals surface area contributed by atoms with E-state index in [0.29, 0.717) is 12.8 Å². The minimum Gasteiger partial charge on any atom is -0.462 e. The van der Waals surface area contributed by atoms with Gasteiger partial charge in [0.1, 0.15) is 6.61 Å². The van der Waals surface area contributed by atoms with Gasteiger partial charge in [-0.25, -0.2) is 0 Å². The second-order valence-electron chi connectivity index (χ2n) is 11.9. The summed E-state index contributed by atoms with van der Waals surface area (Å²) < 4.78 is 10.6. The molecule has 0 saturated carbocycles. The highest BCUT2D eigenvalue weighted by Gasteiger charge is 2.16. The summed E-state index contributed by atoms with van der Waals surface area (Å²) in [5, 5.41) is 9.53. The van der Waals surface area contributed by atoms with Crippen LogP contribution in [0.4, 0.5) is 0 Å². The molecule has 0 aromatic rings. The maximum Gasteiger partial charge on any atom is 0.306 e. The van der Waals surface area contributed by atoms with Crippen LogP contribution in [-0.4, -0.2) is 36.4 Å². The van der Waals surface area contributed by atoms with Gasteiger partial charge < -0.3 is 14.6 Å². The van der Waals surface area contributed by atoms with Gasteiger partial charge in [-0.3, -0.25) is 9.59 Å². The van der Waals surface area contributed by atoms with Crippen molar-refractivity contribution in [3.63, 3.8) is 0 Å². The largest absolute Gasteiger partial charge is 0.462 e. The molecular weight excluding hydrogens is 548 g/mol. The van der Waals surface area contributed by atoms with E-state index in [-0.39, 0.29) is 25.2 Å². The maximum absolute atomic E-state index is 12.1. The lowest BCUT2D eigenvalue weighted by Gasteiger charge is -2.15. The molecule has 0 rings (SSSR count). The second-order valence-corrected chi connectivity index (χ2v) is 11.9. The smallest absolute Gasteiger partial charge is 0.306 e. The molecular formula is C39H68O5. The van der Waals surface area contributed by atoms with Gasteiger partial charge in [-0.05, 0) is 70.6 Å². The third kappa shape index (κ3) is 32.8. The average Bonchev–Trinajstić information content (AvgIpc) is 3.02. The molecule has 0 saturated heterocycles. The number of unbranched alkanes of at least 4 members (excludes halogenated alkanes) is 16. The molecule has 0 aliphatic heterocycles. The Morgan fingerprint density at radius 2 is 0.977 bits per heavy atom. The van der Waals surface area contributed by atoms with Gasteiger partial charge in [0, 0.05) is 12.8 Å². The fraction of sp³-hybridized carbons (Fsp3) is 0.744. The Labute approximate surface area is 271 Å². The fourth-order valence-corrected chi connectivity index (χ4v) is 4.86. The summed E-state index contributed by atoms with van der Waals surface area (Å²) in [5.74, 6) is -0.619. The minimum atomic E-state index is -0.779. The van der Waals surface area contributed by atoms with Gasteiger partial charge in [-0.1, -0.05) is 133 Å². The van der Waals surface area contributed by atoms with Gasteiger partial charge in [-0.15, -0.1) is 0 Å². The average molecular weight is 617 g/mol. The lowest BCUT2D eigenvalue weighted by atomic mass is 10.1. The zero-order valence-electron chi connectivity index (χ0n) is 28.7. The van der Waals surface area contributed by atoms with Crippen molar-refractivity contribution >= 4 is 11.9 Å². The third-order valence-corrected chi connectivity index (χ3v) is 7.61. The molecule has 0 aromatic heterocycles. The molecule has 0 aromatic carbocycles. The first-order valence-corrected chi connectivity index (χ1v) is 18.2. The normalized spacial score (nSPS) is 12.7. The van der Waals surface area contributed by atoms with Crippen molar-refractivity contribution in [1.82, 2.24) is 0 Å². The third-order valence-electron chi connectivity index (χ3n) is 7.61. The maximum atomic E-state index is 12.1. The van der Waals surface area contributed by atoms with Crippen LogP contribution in [0.1, 0.15) is 168 Å². The molecule has 1 N–H and O–H groups in total. The number of ether oxygens (including phenoxy) is 2. The second kappa shape index (κ2) is 35.3. The van der Waals surface area contributed by atoms with Crippen molar-refractivity contribution < 1.29 is 24.2 Å². The van der Waals surface area contributed by atoms with Gasteiger partial charge in [-0.2, -0.15) is 0 Å². The Bertz CT molecular complexity index is 752. The topological polar surface area (TPSA) is 72.8 Å². The van der Waals surface area contributed by atoms with Crippen LogP contribution in [0.5, 0.6) is 0 Å². The van der Waals surface area contributed by atoms with E-state index in [2.05, 4.69) is 62.5 Å². The van der Waals surface area contributed by atoms with Gasteiger partial charge in [0.15, 0.2) is 6.10 Å². The molecule has 0 radical (unpaired) electrons. The standard InChI is InChI=1S/C39H68O5/c1-3-5-7-9-11-13-15-17-19-21-23-25-27-29-31-33-38(41)43-36-37(35-40)44-39(42)34-32-30-28-26-24-22-20-18-16-14-12-10-8-6-4-2/h5,7,11,13-14,16-17,19,37,40H,3-4,6,8-10,12,15,18,20-36H2,1-2H3/b7-5+,13-11+,16-14+,19-17+/t37-/m0/s1. The van der Waals surface area contributed by atoms with Crippen molar-refractivity contribution in [2.75, 3.05) is 13.2 Å². The summed E-state index contributed by atoms with van der Waals surface area (Å²) in [4.78, 5) is 24.2. The number of carbonyl (C=O) groups is 2. The number of allylic oxidation sites excluding steroid dienone is 8. The van der Waals surface area contributed by atoms with Crippen LogP contribution >= 0.6 is 0 Å². The van der Waals surface area contributed by atoms with E-state index in [4.69, 9.17) is 9.47 Å². The first kappa shape index (κ1) is 41.9. The zero-order valence-corrected chi connectivity index (χ0v) is 28.7. The predicted molar refractivity (Wildman–Crippen MR) is 187 cm³/mol. The quantitative estimate of drug-likeness (QED) is 0.0462. The molecule has 0 amide bonds. The van der Waals surface area contributed by atoms with Crippen LogP contribution in [0.25, 0.3) is 0 Å². The summed E-state index contributed by atoms with van der Waals surface area (Å²) in [6, 6.07) is 0. The Morgan fingerprint density at radius 1 is 0.545 bits per heavy atom. The molecule has 254 valence electrons. The monoisotopic (exact) mass is 617 g/mol. The lowest BCUT2D eigenvalue weighted by Crippen LogP contribution is -2.28. The fourth-order valence-electron chi connectivity index (χ4n) is 4.86. The molecule has 5 nitrogen and oxygen atoms in total. The number of hydrogen-bond donors (Lipinski definition) is 1. The van der Waals surface area contributed by atoms with Crippen molar-refractivity contribution in [1.29, 1.82) is 0 Å². The van der Waals surface area contributed by atoms with E-state index in [1.165, 1.54) is 70.6 Å². The van der Waals surface area contributed by atoms with E-state index >= 15 is 0 Å². The molecule has 0 aliphatic rings. The summed E-state index contributed by atoms with van der Waals surface area (Å²) in [6.45, 7) is 3.98. The molecule has 0 aliphatic carbocycles. The van der Waals surface area contributed by atoms with Crippen LogP contribution in [0.15, 0.2) is 48.6 Å². The van der Waals surface area contributed by atoms with E-state index in [0.717, 1.165) is 70.6 Å². The molecule has 5 heteroatoms. The molecule has 1 atom stereocenters. The van der Waals surface area contributed by atoms with Gasteiger partial charge in [0.2, 0.25) is 0 Å². The van der Waals surface area contributed by atoms with Crippen molar-refractivity contribution in [2.24, 2.45) is 0 Å². The van der Waals surface area contributed by atoms with Gasteiger partial charge in [0.25, 0.3) is 0 Å². The SMILES string of the molecule is CC/C=C/C/C=C/C/C=C/CCCCCCCC(=O)OC[C@H](CO)OC(=O)CCCCCCCCC/C=C/CCCCCC. The van der Waals surface area contributed by atoms with Crippen LogP contribution < -0.4 is 0 Å². The van der Waals surface area contributed by atoms with Crippen LogP contribution in [0.2, 0.25) is 0 Å². The highest BCUT2D eigenvalue weighted by atomic mass is 16.6. The van der Waals surface area contributed by atoms with Gasteiger partial charge in [0.05, 0.1) is 6.61 Å². The van der Waals surface area contributed by atoms with E-state index < -0.39 is 6.10 Å². The van der Waals surface area contributed by atoms with Gasteiger partial charge >= 0.3 is 11.9 Å². The summed E-state index contributed by atoms with van der Waals surface area (Å²) in [5.41, 5.74) is 0. The first-order valence-electron chi connectivity index (χ1n) is 18.2. The van der Waals surface area contributed by atoms with Crippen LogP contribution in [-0.2, 0) is 19.1 Å². The first-order chi connectivity index (χ1) is 21.6. The van der Waals surface area contributed by atoms with E-state index in [9.17, 15) is 14.7 Å². The highest BCUT2D eigenvalue weighted by Crippen LogP contribution is 2.12. The molecule has 44 heavy (non-hydrogen) atoms. The number of aliphatic hydroxyl groups is 1. The summed E-state index contributed by atoms with van der Waals surface area (Å²) >= 11 is 0. The number of carbonyl (C=O) groups excluding carboxylic acids is 2. The van der Waals surface area contributed by atoms with Crippen molar-refractivity contribution in [2.45, 2.75) is 174 Å². The van der Waals surface area contributed by atoms with E-state index in [1.807, 2.05) is 0 Å². The highest BCUT2D eigenvalue weighted by molar-refractivity contribution is 5.70. The summed E-state index contributed by atoms with van der Waals surface area (Å²) in [7, 11) is 0. The van der Waals surface area contributed by atoms with E-state index in [1.54, 1.807) is 0 Å². The van der Waals surface area contributed by atoms with Crippen LogP contribution in [0.3, 0.4) is 0 Å². The molecule has 0 fully saturated rings. The Balaban J connectivity index is 3.61. The minimum absolute atomic E-state index is 0.0773. The predicted octanol–water partition coefficient (Wildman–Crippen LogP) is 11.1. The lowest BCUT2D eigenvalue weighted by molar-refractivity contribution is -0.161. The number of hydrogen-bond acceptors (Lipinski definition) is 5. The molecule has 0 spiro atoms. The Morgan fingerprint density at radius 3 is 1.50 bits per heavy atom. The summed E-state index contributed by atoms with van der Waals surface area (Å²) in [6.07, 6.45) is 43.0. The molecule has 0 unspecified atom stereocenters. The van der Waals surface area contributed by atoms with Crippen LogP contribution in [0, 0.1) is 0 Å². The Hall–Kier alpha value is -2.14.